The molecule has 0 aliphatic heterocycles. The van der Waals surface area contributed by atoms with Crippen LogP contribution in [0, 0.1) is 0 Å². The number of nitrogens with zero attached hydrogens (tertiary/aromatic N) is 2. The van der Waals surface area contributed by atoms with E-state index in [2.05, 4.69) is 5.32 Å². The Kier molecular flexibility index (Phi) is 11.1. The molecule has 0 bridgehead atoms. The van der Waals surface area contributed by atoms with Gasteiger partial charge in [-0.15, -0.1) is 0 Å². The summed E-state index contributed by atoms with van der Waals surface area (Å²) in [6, 6.07) is 20.1. The summed E-state index contributed by atoms with van der Waals surface area (Å²) < 4.78 is 26.2. The van der Waals surface area contributed by atoms with Gasteiger partial charge in [0.15, 0.2) is 0 Å². The molecular weight excluding hydrogens is 581 g/mol. The van der Waals surface area contributed by atoms with E-state index in [0.29, 0.717) is 32.7 Å². The molecule has 3 rings (SSSR count). The number of carbonyl (C=O) groups is 2. The third kappa shape index (κ3) is 8.86. The van der Waals surface area contributed by atoms with Crippen LogP contribution in [0.25, 0.3) is 0 Å². The van der Waals surface area contributed by atoms with Crippen LogP contribution in [-0.2, 0) is 32.6 Å². The summed E-state index contributed by atoms with van der Waals surface area (Å²) in [5.41, 5.74) is 2.05. The van der Waals surface area contributed by atoms with Crippen LogP contribution in [-0.4, -0.2) is 51.0 Å². The van der Waals surface area contributed by atoms with Gasteiger partial charge in [-0.25, -0.2) is 8.42 Å². The van der Waals surface area contributed by atoms with E-state index < -0.39 is 16.1 Å². The molecule has 0 saturated heterocycles. The molecule has 0 fully saturated rings. The smallest absolute Gasteiger partial charge is 0.242 e. The molecule has 39 heavy (non-hydrogen) atoms. The molecule has 0 aliphatic carbocycles. The highest BCUT2D eigenvalue weighted by atomic mass is 35.5. The van der Waals surface area contributed by atoms with Crippen molar-refractivity contribution in [3.63, 3.8) is 0 Å². The zero-order chi connectivity index (χ0) is 28.6. The van der Waals surface area contributed by atoms with E-state index in [1.165, 1.54) is 16.3 Å². The molecule has 3 aromatic rings. The lowest BCUT2D eigenvalue weighted by molar-refractivity contribution is -0.141. The number of anilines is 1. The highest BCUT2D eigenvalue weighted by molar-refractivity contribution is 7.92. The minimum Gasteiger partial charge on any atom is -0.357 e. The van der Waals surface area contributed by atoms with Crippen LogP contribution in [0.2, 0.25) is 15.1 Å². The normalized spacial score (nSPS) is 12.0. The number of halogens is 3. The second-order valence-corrected chi connectivity index (χ2v) is 12.2. The van der Waals surface area contributed by atoms with E-state index in [9.17, 15) is 18.0 Å². The number of sulfonamides is 1. The van der Waals surface area contributed by atoms with Gasteiger partial charge in [0.05, 0.1) is 22.0 Å². The fourth-order valence-corrected chi connectivity index (χ4v) is 5.58. The number of hydrogen-bond donors (Lipinski definition) is 1. The molecule has 0 saturated carbocycles. The third-order valence-electron chi connectivity index (χ3n) is 6.12. The van der Waals surface area contributed by atoms with Crippen molar-refractivity contribution in [1.82, 2.24) is 10.2 Å². The van der Waals surface area contributed by atoms with Gasteiger partial charge in [0.2, 0.25) is 21.8 Å². The van der Waals surface area contributed by atoms with Crippen LogP contribution >= 0.6 is 34.8 Å². The summed E-state index contributed by atoms with van der Waals surface area (Å²) in [6.07, 6.45) is 1.66. The first-order valence-corrected chi connectivity index (χ1v) is 15.2. The van der Waals surface area contributed by atoms with Gasteiger partial charge in [-0.2, -0.15) is 0 Å². The van der Waals surface area contributed by atoms with Gasteiger partial charge in [-0.3, -0.25) is 13.9 Å². The Morgan fingerprint density at radius 1 is 0.897 bits per heavy atom. The average Bonchev–Trinajstić information content (AvgIpc) is 2.90. The van der Waals surface area contributed by atoms with Gasteiger partial charge in [-0.1, -0.05) is 71.2 Å². The molecule has 3 aromatic carbocycles. The van der Waals surface area contributed by atoms with Gasteiger partial charge < -0.3 is 10.2 Å². The van der Waals surface area contributed by atoms with Crippen molar-refractivity contribution in [3.8, 4) is 0 Å². The second-order valence-electron chi connectivity index (χ2n) is 9.00. The number of carbonyl (C=O) groups excluding carboxylic acids is 2. The van der Waals surface area contributed by atoms with Gasteiger partial charge in [0.1, 0.15) is 6.04 Å². The molecule has 7 nitrogen and oxygen atoms in total. The minimum atomic E-state index is -3.61. The zero-order valence-corrected chi connectivity index (χ0v) is 24.7. The summed E-state index contributed by atoms with van der Waals surface area (Å²) >= 11 is 18.3. The first-order valence-electron chi connectivity index (χ1n) is 12.2. The average molecular weight is 611 g/mol. The second kappa shape index (κ2) is 14.0. The van der Waals surface area contributed by atoms with Crippen molar-refractivity contribution in [2.45, 2.75) is 31.8 Å². The third-order valence-corrected chi connectivity index (χ3v) is 8.31. The molecule has 0 aliphatic rings. The molecule has 2 amide bonds. The molecule has 0 aromatic heterocycles. The van der Waals surface area contributed by atoms with Crippen molar-refractivity contribution >= 4 is 62.3 Å². The minimum absolute atomic E-state index is 0.0171. The Morgan fingerprint density at radius 3 is 2.15 bits per heavy atom. The first kappa shape index (κ1) is 30.8. The molecule has 0 radical (unpaired) electrons. The number of amides is 2. The van der Waals surface area contributed by atoms with Gasteiger partial charge in [-0.05, 0) is 53.9 Å². The Labute approximate surface area is 244 Å². The summed E-state index contributed by atoms with van der Waals surface area (Å²) in [6.45, 7) is 0.198. The molecule has 1 atom stereocenters. The van der Waals surface area contributed by atoms with Gasteiger partial charge in [0.25, 0.3) is 0 Å². The molecular formula is C28H30Cl3N3O4S. The van der Waals surface area contributed by atoms with Crippen LogP contribution in [0.5, 0.6) is 0 Å². The largest absolute Gasteiger partial charge is 0.357 e. The van der Waals surface area contributed by atoms with Gasteiger partial charge in [0, 0.05) is 38.0 Å². The number of rotatable bonds is 12. The van der Waals surface area contributed by atoms with E-state index in [1.807, 2.05) is 30.3 Å². The van der Waals surface area contributed by atoms with Crippen LogP contribution < -0.4 is 9.62 Å². The van der Waals surface area contributed by atoms with E-state index in [4.69, 9.17) is 34.8 Å². The van der Waals surface area contributed by atoms with Crippen molar-refractivity contribution in [2.75, 3.05) is 24.2 Å². The van der Waals surface area contributed by atoms with Crippen LogP contribution in [0.15, 0.2) is 72.8 Å². The Morgan fingerprint density at radius 2 is 1.56 bits per heavy atom. The first-order chi connectivity index (χ1) is 18.5. The predicted molar refractivity (Wildman–Crippen MR) is 158 cm³/mol. The summed E-state index contributed by atoms with van der Waals surface area (Å²) in [5.74, 6) is -0.610. The van der Waals surface area contributed by atoms with Crippen LogP contribution in [0.1, 0.15) is 24.0 Å². The highest BCUT2D eigenvalue weighted by Crippen LogP contribution is 2.25. The number of benzene rings is 3. The maximum Gasteiger partial charge on any atom is 0.242 e. The molecule has 11 heteroatoms. The molecule has 1 unspecified atom stereocenters. The number of hydrogen-bond acceptors (Lipinski definition) is 4. The van der Waals surface area contributed by atoms with Crippen molar-refractivity contribution in [1.29, 1.82) is 0 Å². The highest BCUT2D eigenvalue weighted by Gasteiger charge is 2.30. The quantitative estimate of drug-likeness (QED) is 0.290. The predicted octanol–water partition coefficient (Wildman–Crippen LogP) is 5.58. The van der Waals surface area contributed by atoms with E-state index in [-0.39, 0.29) is 37.7 Å². The Bertz CT molecular complexity index is 1390. The molecule has 208 valence electrons. The van der Waals surface area contributed by atoms with Crippen molar-refractivity contribution in [2.24, 2.45) is 0 Å². The van der Waals surface area contributed by atoms with Crippen molar-refractivity contribution < 1.29 is 18.0 Å². The lowest BCUT2D eigenvalue weighted by Crippen LogP contribution is -2.49. The monoisotopic (exact) mass is 609 g/mol. The maximum absolute atomic E-state index is 13.7. The zero-order valence-electron chi connectivity index (χ0n) is 21.6. The molecule has 0 heterocycles. The number of likely N-dealkylation sites (N-methyl/N-ethyl adjacent to an activating group) is 1. The summed E-state index contributed by atoms with van der Waals surface area (Å²) in [7, 11) is -2.08. The van der Waals surface area contributed by atoms with E-state index in [1.54, 1.807) is 42.5 Å². The standard InChI is InChI=1S/C28H30Cl3N3O4S/c1-32-28(36)26(18-20-7-4-3-5-8-20)33(19-21-10-15-24(30)25(31)17-21)27(35)9-6-16-34(39(2,37)38)23-13-11-22(29)12-14-23/h3-5,7-8,10-15,17,26H,6,9,16,18-19H2,1-2H3,(H,32,36). The summed E-state index contributed by atoms with van der Waals surface area (Å²) in [5, 5.41) is 3.88. The SMILES string of the molecule is CNC(=O)C(Cc1ccccc1)N(Cc1ccc(Cl)c(Cl)c1)C(=O)CCCN(c1ccc(Cl)cc1)S(C)(=O)=O. The Balaban J connectivity index is 1.86. The fourth-order valence-electron chi connectivity index (χ4n) is 4.17. The lowest BCUT2D eigenvalue weighted by atomic mass is 10.0. The van der Waals surface area contributed by atoms with Crippen LogP contribution in [0.4, 0.5) is 5.69 Å². The molecule has 1 N–H and O–H groups in total. The van der Waals surface area contributed by atoms with E-state index in [0.717, 1.165) is 11.8 Å². The summed E-state index contributed by atoms with van der Waals surface area (Å²) in [4.78, 5) is 28.2. The topological polar surface area (TPSA) is 86.8 Å². The fraction of sp³-hybridized carbons (Fsp3) is 0.286. The van der Waals surface area contributed by atoms with Crippen molar-refractivity contribution in [3.05, 3.63) is 99.0 Å². The van der Waals surface area contributed by atoms with Crippen LogP contribution in [0.3, 0.4) is 0 Å². The lowest BCUT2D eigenvalue weighted by Gasteiger charge is -2.31. The van der Waals surface area contributed by atoms with Gasteiger partial charge >= 0.3 is 0 Å². The number of nitrogens with one attached hydrogen (secondary N) is 1. The Hall–Kier alpha value is -2.78. The molecule has 0 spiro atoms. The van der Waals surface area contributed by atoms with E-state index >= 15 is 0 Å². The maximum atomic E-state index is 13.7.